The third-order valence-corrected chi connectivity index (χ3v) is 3.41. The second-order valence-electron chi connectivity index (χ2n) is 5.26. The van der Waals surface area contributed by atoms with E-state index in [4.69, 9.17) is 5.73 Å². The van der Waals surface area contributed by atoms with Gasteiger partial charge in [-0.25, -0.2) is 0 Å². The lowest BCUT2D eigenvalue weighted by molar-refractivity contribution is 0.273. The molecule has 0 radical (unpaired) electrons. The van der Waals surface area contributed by atoms with Crippen LogP contribution in [-0.4, -0.2) is 43.1 Å². The largest absolute Gasteiger partial charge is 0.370 e. The number of hydrogen-bond acceptors (Lipinski definition) is 2. The van der Waals surface area contributed by atoms with Crippen LogP contribution in [-0.2, 0) is 0 Å². The van der Waals surface area contributed by atoms with Crippen molar-refractivity contribution >= 4 is 5.96 Å². The highest BCUT2D eigenvalue weighted by Crippen LogP contribution is 2.16. The van der Waals surface area contributed by atoms with Crippen LogP contribution in [0.1, 0.15) is 40.0 Å². The monoisotopic (exact) mass is 240 g/mol. The highest BCUT2D eigenvalue weighted by atomic mass is 15.2. The number of nitrogens with zero attached hydrogens (tertiary/aromatic N) is 2. The summed E-state index contributed by atoms with van der Waals surface area (Å²) in [5, 5.41) is 3.18. The van der Waals surface area contributed by atoms with Gasteiger partial charge in [-0.05, 0) is 38.3 Å². The van der Waals surface area contributed by atoms with E-state index in [1.165, 1.54) is 19.4 Å². The number of hydrogen-bond donors (Lipinski definition) is 2. The van der Waals surface area contributed by atoms with E-state index in [1.54, 1.807) is 0 Å². The number of nitrogens with two attached hydrogens (primary N) is 1. The van der Waals surface area contributed by atoms with Crippen molar-refractivity contribution in [3.63, 3.8) is 0 Å². The third-order valence-electron chi connectivity index (χ3n) is 3.41. The van der Waals surface area contributed by atoms with Crippen LogP contribution in [0.4, 0.5) is 0 Å². The average molecular weight is 240 g/mol. The van der Waals surface area contributed by atoms with E-state index in [1.807, 2.05) is 0 Å². The van der Waals surface area contributed by atoms with Gasteiger partial charge in [-0.3, -0.25) is 9.89 Å². The first-order valence-corrected chi connectivity index (χ1v) is 6.91. The highest BCUT2D eigenvalue weighted by Gasteiger charge is 2.22. The second-order valence-corrected chi connectivity index (χ2v) is 5.26. The van der Waals surface area contributed by atoms with Gasteiger partial charge >= 0.3 is 0 Å². The maximum absolute atomic E-state index is 5.85. The molecule has 4 nitrogen and oxygen atoms in total. The van der Waals surface area contributed by atoms with Crippen molar-refractivity contribution < 1.29 is 0 Å². The molecule has 0 aromatic rings. The summed E-state index contributed by atoms with van der Waals surface area (Å²) in [6.07, 6.45) is 3.70. The van der Waals surface area contributed by atoms with Crippen LogP contribution >= 0.6 is 0 Å². The molecule has 0 aromatic carbocycles. The minimum absolute atomic E-state index is 0.602. The van der Waals surface area contributed by atoms with Gasteiger partial charge in [0.05, 0.1) is 6.54 Å². The second kappa shape index (κ2) is 7.54. The molecule has 0 amide bonds. The van der Waals surface area contributed by atoms with Gasteiger partial charge in [-0.15, -0.1) is 0 Å². The Morgan fingerprint density at radius 3 is 2.94 bits per heavy atom. The molecule has 0 aliphatic carbocycles. The van der Waals surface area contributed by atoms with Gasteiger partial charge in [0, 0.05) is 12.6 Å². The lowest BCUT2D eigenvalue weighted by Gasteiger charge is -2.21. The first-order chi connectivity index (χ1) is 8.13. The number of nitrogens with one attached hydrogen (secondary N) is 1. The Balaban J connectivity index is 2.22. The third kappa shape index (κ3) is 5.39. The van der Waals surface area contributed by atoms with Crippen LogP contribution in [0.3, 0.4) is 0 Å². The van der Waals surface area contributed by atoms with Gasteiger partial charge in [-0.2, -0.15) is 0 Å². The number of likely N-dealkylation sites (tertiary alicyclic amines) is 1. The number of guanidine groups is 1. The van der Waals surface area contributed by atoms with E-state index >= 15 is 0 Å². The zero-order valence-corrected chi connectivity index (χ0v) is 11.6. The van der Waals surface area contributed by atoms with Crippen molar-refractivity contribution in [2.45, 2.75) is 46.1 Å². The maximum Gasteiger partial charge on any atom is 0.188 e. The summed E-state index contributed by atoms with van der Waals surface area (Å²) in [7, 11) is 0. The molecule has 1 atom stereocenters. The zero-order chi connectivity index (χ0) is 12.7. The van der Waals surface area contributed by atoms with Crippen molar-refractivity contribution in [1.82, 2.24) is 10.2 Å². The molecule has 3 N–H and O–H groups in total. The van der Waals surface area contributed by atoms with Gasteiger partial charge in [0.2, 0.25) is 0 Å². The minimum Gasteiger partial charge on any atom is -0.370 e. The lowest BCUT2D eigenvalue weighted by atomic mass is 10.1. The lowest BCUT2D eigenvalue weighted by Crippen LogP contribution is -2.36. The molecule has 1 rings (SSSR count). The number of rotatable bonds is 6. The fraction of sp³-hybridized carbons (Fsp3) is 0.923. The van der Waals surface area contributed by atoms with Crippen LogP contribution in [0.5, 0.6) is 0 Å². The first-order valence-electron chi connectivity index (χ1n) is 6.91. The normalized spacial score (nSPS) is 22.4. The highest BCUT2D eigenvalue weighted by molar-refractivity contribution is 5.77. The van der Waals surface area contributed by atoms with E-state index in [2.05, 4.69) is 36.0 Å². The Morgan fingerprint density at radius 2 is 2.29 bits per heavy atom. The minimum atomic E-state index is 0.602. The van der Waals surface area contributed by atoms with Gasteiger partial charge in [-0.1, -0.05) is 20.8 Å². The Morgan fingerprint density at radius 1 is 1.53 bits per heavy atom. The molecule has 4 heteroatoms. The summed E-state index contributed by atoms with van der Waals surface area (Å²) >= 11 is 0. The molecule has 100 valence electrons. The molecule has 0 saturated carbocycles. The average Bonchev–Trinajstić information content (AvgIpc) is 2.73. The van der Waals surface area contributed by atoms with Crippen LogP contribution < -0.4 is 11.1 Å². The van der Waals surface area contributed by atoms with Gasteiger partial charge in [0.15, 0.2) is 5.96 Å². The fourth-order valence-corrected chi connectivity index (χ4v) is 2.27. The summed E-state index contributed by atoms with van der Waals surface area (Å²) in [6.45, 7) is 10.8. The van der Waals surface area contributed by atoms with E-state index in [9.17, 15) is 0 Å². The predicted octanol–water partition coefficient (Wildman–Crippen LogP) is 1.42. The van der Waals surface area contributed by atoms with E-state index in [0.717, 1.165) is 26.1 Å². The first kappa shape index (κ1) is 14.3. The summed E-state index contributed by atoms with van der Waals surface area (Å²) in [5.41, 5.74) is 5.85. The molecule has 0 bridgehead atoms. The molecule has 1 heterocycles. The molecule has 17 heavy (non-hydrogen) atoms. The van der Waals surface area contributed by atoms with Crippen molar-refractivity contribution in [1.29, 1.82) is 0 Å². The van der Waals surface area contributed by atoms with Gasteiger partial charge in [0.25, 0.3) is 0 Å². The van der Waals surface area contributed by atoms with Gasteiger partial charge in [0.1, 0.15) is 0 Å². The Hall–Kier alpha value is -0.770. The summed E-state index contributed by atoms with van der Waals surface area (Å²) in [6, 6.07) is 0.602. The Bertz CT molecular complexity index is 238. The molecule has 0 spiro atoms. The molecule has 1 aliphatic rings. The van der Waals surface area contributed by atoms with Crippen molar-refractivity contribution in [3.8, 4) is 0 Å². The van der Waals surface area contributed by atoms with Crippen LogP contribution in [0.2, 0.25) is 0 Å². The van der Waals surface area contributed by atoms with Gasteiger partial charge < -0.3 is 11.1 Å². The molecule has 1 aliphatic heterocycles. The summed E-state index contributed by atoms with van der Waals surface area (Å²) < 4.78 is 0. The van der Waals surface area contributed by atoms with Crippen molar-refractivity contribution in [3.05, 3.63) is 0 Å². The standard InChI is InChI=1S/C13H28N4/c1-4-17-9-5-6-12(17)10-16-13(14)15-8-7-11(2)3/h11-12H,4-10H2,1-3H3,(H3,14,15,16). The number of aliphatic imine (C=N–C) groups is 1. The zero-order valence-electron chi connectivity index (χ0n) is 11.6. The van der Waals surface area contributed by atoms with Crippen LogP contribution in [0.25, 0.3) is 0 Å². The Labute approximate surface area is 106 Å². The molecule has 1 unspecified atom stereocenters. The molecule has 0 aromatic heterocycles. The fourth-order valence-electron chi connectivity index (χ4n) is 2.27. The van der Waals surface area contributed by atoms with E-state index in [0.29, 0.717) is 17.9 Å². The quantitative estimate of drug-likeness (QED) is 0.545. The molecule has 1 fully saturated rings. The molecular formula is C13H28N4. The maximum atomic E-state index is 5.85. The van der Waals surface area contributed by atoms with E-state index in [-0.39, 0.29) is 0 Å². The van der Waals surface area contributed by atoms with Crippen molar-refractivity contribution in [2.75, 3.05) is 26.2 Å². The summed E-state index contributed by atoms with van der Waals surface area (Å²) in [5.74, 6) is 1.31. The smallest absolute Gasteiger partial charge is 0.188 e. The van der Waals surface area contributed by atoms with Crippen LogP contribution in [0.15, 0.2) is 4.99 Å². The summed E-state index contributed by atoms with van der Waals surface area (Å²) in [4.78, 5) is 6.93. The topological polar surface area (TPSA) is 53.6 Å². The Kier molecular flexibility index (Phi) is 6.34. The number of likely N-dealkylation sites (N-methyl/N-ethyl adjacent to an activating group) is 1. The van der Waals surface area contributed by atoms with Crippen molar-refractivity contribution in [2.24, 2.45) is 16.6 Å². The van der Waals surface area contributed by atoms with E-state index < -0.39 is 0 Å². The molecular weight excluding hydrogens is 212 g/mol. The predicted molar refractivity (Wildman–Crippen MR) is 74.2 cm³/mol. The van der Waals surface area contributed by atoms with Crippen LogP contribution in [0, 0.1) is 5.92 Å². The molecule has 1 saturated heterocycles. The SMILES string of the molecule is CCN1CCCC1CN=C(N)NCCC(C)C.